The van der Waals surface area contributed by atoms with Crippen LogP contribution in [-0.4, -0.2) is 32.0 Å². The summed E-state index contributed by atoms with van der Waals surface area (Å²) in [7, 11) is 1.72. The Hall–Kier alpha value is -0.120. The summed E-state index contributed by atoms with van der Waals surface area (Å²) in [4.78, 5) is 0. The van der Waals surface area contributed by atoms with Crippen molar-refractivity contribution in [2.45, 2.75) is 57.1 Å². The maximum atomic E-state index is 6.23. The number of methoxy groups -OCH3 is 1. The fraction of sp³-hybridized carbons (Fsp3) is 1.00. The van der Waals surface area contributed by atoms with E-state index in [1.54, 1.807) is 7.11 Å². The van der Waals surface area contributed by atoms with Crippen LogP contribution in [-0.2, 0) is 9.47 Å². The van der Waals surface area contributed by atoms with E-state index in [1.165, 1.54) is 12.8 Å². The van der Waals surface area contributed by atoms with E-state index < -0.39 is 0 Å². The summed E-state index contributed by atoms with van der Waals surface area (Å²) in [5, 5.41) is 0. The highest BCUT2D eigenvalue weighted by molar-refractivity contribution is 4.82. The van der Waals surface area contributed by atoms with Gasteiger partial charge in [0.2, 0.25) is 0 Å². The highest BCUT2D eigenvalue weighted by Crippen LogP contribution is 2.21. The lowest BCUT2D eigenvalue weighted by atomic mass is 9.91. The van der Waals surface area contributed by atoms with Gasteiger partial charge in [0, 0.05) is 19.3 Å². The molecule has 0 spiro atoms. The van der Waals surface area contributed by atoms with Crippen molar-refractivity contribution < 1.29 is 9.47 Å². The van der Waals surface area contributed by atoms with Gasteiger partial charge >= 0.3 is 0 Å². The minimum atomic E-state index is -0.132. The van der Waals surface area contributed by atoms with Gasteiger partial charge in [0.05, 0.1) is 12.7 Å². The normalized spacial score (nSPS) is 25.4. The van der Waals surface area contributed by atoms with Crippen molar-refractivity contribution in [3.63, 3.8) is 0 Å². The minimum absolute atomic E-state index is 0.132. The van der Waals surface area contributed by atoms with Crippen LogP contribution in [0.25, 0.3) is 0 Å². The van der Waals surface area contributed by atoms with Crippen LogP contribution in [0.3, 0.4) is 0 Å². The second kappa shape index (κ2) is 6.46. The molecule has 0 aliphatic carbocycles. The lowest BCUT2D eigenvalue weighted by Gasteiger charge is -2.27. The van der Waals surface area contributed by atoms with Crippen molar-refractivity contribution in [1.82, 2.24) is 0 Å². The van der Waals surface area contributed by atoms with Gasteiger partial charge in [0.15, 0.2) is 0 Å². The first-order valence-electron chi connectivity index (χ1n) is 6.09. The molecule has 0 bridgehead atoms. The highest BCUT2D eigenvalue weighted by atomic mass is 16.5. The quantitative estimate of drug-likeness (QED) is 0.707. The van der Waals surface area contributed by atoms with Crippen LogP contribution in [0.2, 0.25) is 0 Å². The van der Waals surface area contributed by atoms with Crippen molar-refractivity contribution in [3.8, 4) is 0 Å². The lowest BCUT2D eigenvalue weighted by Crippen LogP contribution is -2.43. The van der Waals surface area contributed by atoms with Gasteiger partial charge in [-0.3, -0.25) is 0 Å². The highest BCUT2D eigenvalue weighted by Gasteiger charge is 2.23. The molecular formula is C12H25NO2. The first-order valence-corrected chi connectivity index (χ1v) is 6.09. The van der Waals surface area contributed by atoms with Gasteiger partial charge in [0.1, 0.15) is 0 Å². The van der Waals surface area contributed by atoms with E-state index in [2.05, 4.69) is 6.92 Å². The summed E-state index contributed by atoms with van der Waals surface area (Å²) >= 11 is 0. The number of hydrogen-bond acceptors (Lipinski definition) is 3. The molecule has 0 saturated carbocycles. The number of hydrogen-bond donors (Lipinski definition) is 1. The van der Waals surface area contributed by atoms with Gasteiger partial charge < -0.3 is 15.2 Å². The summed E-state index contributed by atoms with van der Waals surface area (Å²) in [6.07, 6.45) is 7.27. The summed E-state index contributed by atoms with van der Waals surface area (Å²) in [5.74, 6) is 0. The molecule has 0 aromatic carbocycles. The first-order chi connectivity index (χ1) is 7.20. The lowest BCUT2D eigenvalue weighted by molar-refractivity contribution is 0.0917. The number of ether oxygens (including phenoxy) is 2. The largest absolute Gasteiger partial charge is 0.383 e. The van der Waals surface area contributed by atoms with Crippen LogP contribution < -0.4 is 5.73 Å². The van der Waals surface area contributed by atoms with Gasteiger partial charge in [-0.05, 0) is 38.5 Å². The van der Waals surface area contributed by atoms with Crippen LogP contribution >= 0.6 is 0 Å². The summed E-state index contributed by atoms with van der Waals surface area (Å²) in [6.45, 7) is 3.74. The topological polar surface area (TPSA) is 44.5 Å². The predicted octanol–water partition coefficient (Wildman–Crippen LogP) is 2.09. The Balaban J connectivity index is 2.15. The average Bonchev–Trinajstić information content (AvgIpc) is 2.71. The third-order valence-corrected chi connectivity index (χ3v) is 3.36. The molecule has 0 radical (unpaired) electrons. The van der Waals surface area contributed by atoms with E-state index in [1.807, 2.05) is 0 Å². The van der Waals surface area contributed by atoms with E-state index in [0.29, 0.717) is 12.7 Å². The fourth-order valence-electron chi connectivity index (χ4n) is 2.19. The fourth-order valence-corrected chi connectivity index (χ4v) is 2.19. The smallest absolute Gasteiger partial charge is 0.0642 e. The molecule has 1 heterocycles. The molecule has 3 nitrogen and oxygen atoms in total. The van der Waals surface area contributed by atoms with Gasteiger partial charge in [-0.25, -0.2) is 0 Å². The van der Waals surface area contributed by atoms with Gasteiger partial charge in [0.25, 0.3) is 0 Å². The molecule has 1 saturated heterocycles. The Morgan fingerprint density at radius 2 is 2.33 bits per heavy atom. The maximum Gasteiger partial charge on any atom is 0.0642 e. The molecule has 2 unspecified atom stereocenters. The molecule has 15 heavy (non-hydrogen) atoms. The molecule has 2 atom stereocenters. The second-order valence-corrected chi connectivity index (χ2v) is 4.68. The maximum absolute atomic E-state index is 6.23. The van der Waals surface area contributed by atoms with Crippen molar-refractivity contribution in [2.75, 3.05) is 20.3 Å². The Morgan fingerprint density at radius 1 is 1.53 bits per heavy atom. The van der Waals surface area contributed by atoms with Crippen molar-refractivity contribution in [3.05, 3.63) is 0 Å². The van der Waals surface area contributed by atoms with Crippen LogP contribution in [0.4, 0.5) is 0 Å². The molecule has 0 aromatic rings. The molecule has 3 heteroatoms. The molecule has 1 aliphatic rings. The Morgan fingerprint density at radius 3 is 2.87 bits per heavy atom. The third kappa shape index (κ3) is 4.49. The van der Waals surface area contributed by atoms with Crippen LogP contribution in [0.5, 0.6) is 0 Å². The Kier molecular flexibility index (Phi) is 5.58. The third-order valence-electron chi connectivity index (χ3n) is 3.36. The predicted molar refractivity (Wildman–Crippen MR) is 61.9 cm³/mol. The molecule has 0 amide bonds. The summed E-state index contributed by atoms with van der Waals surface area (Å²) in [6, 6.07) is 0. The molecule has 0 aromatic heterocycles. The zero-order valence-corrected chi connectivity index (χ0v) is 10.1. The van der Waals surface area contributed by atoms with E-state index in [0.717, 1.165) is 32.3 Å². The molecule has 2 N–H and O–H groups in total. The van der Waals surface area contributed by atoms with Crippen LogP contribution in [0, 0.1) is 0 Å². The Labute approximate surface area is 93.3 Å². The Bertz CT molecular complexity index is 169. The van der Waals surface area contributed by atoms with E-state index in [4.69, 9.17) is 15.2 Å². The zero-order chi connectivity index (χ0) is 11.1. The van der Waals surface area contributed by atoms with Crippen LogP contribution in [0.15, 0.2) is 0 Å². The van der Waals surface area contributed by atoms with Crippen molar-refractivity contribution in [2.24, 2.45) is 5.73 Å². The second-order valence-electron chi connectivity index (χ2n) is 4.68. The van der Waals surface area contributed by atoms with E-state index in [-0.39, 0.29) is 5.54 Å². The van der Waals surface area contributed by atoms with Crippen molar-refractivity contribution in [1.29, 1.82) is 0 Å². The first kappa shape index (κ1) is 12.9. The monoisotopic (exact) mass is 215 g/mol. The number of nitrogens with two attached hydrogens (primary N) is 1. The van der Waals surface area contributed by atoms with E-state index >= 15 is 0 Å². The van der Waals surface area contributed by atoms with Gasteiger partial charge in [-0.15, -0.1) is 0 Å². The number of rotatable bonds is 7. The average molecular weight is 215 g/mol. The van der Waals surface area contributed by atoms with Crippen molar-refractivity contribution >= 4 is 0 Å². The zero-order valence-electron chi connectivity index (χ0n) is 10.1. The van der Waals surface area contributed by atoms with Gasteiger partial charge in [-0.1, -0.05) is 6.92 Å². The molecule has 1 fully saturated rings. The van der Waals surface area contributed by atoms with Gasteiger partial charge in [-0.2, -0.15) is 0 Å². The molecule has 1 aliphatic heterocycles. The minimum Gasteiger partial charge on any atom is -0.383 e. The molecule has 1 rings (SSSR count). The van der Waals surface area contributed by atoms with Crippen LogP contribution in [0.1, 0.15) is 45.4 Å². The SMILES string of the molecule is CCC(N)(CCCC1CCCO1)COC. The standard InChI is InChI=1S/C12H25NO2/c1-3-12(13,10-14-2)8-4-6-11-7-5-9-15-11/h11H,3-10,13H2,1-2H3. The van der Waals surface area contributed by atoms with E-state index in [9.17, 15) is 0 Å². The summed E-state index contributed by atoms with van der Waals surface area (Å²) < 4.78 is 10.8. The molecular weight excluding hydrogens is 190 g/mol. The molecule has 90 valence electrons. The summed E-state index contributed by atoms with van der Waals surface area (Å²) in [5.41, 5.74) is 6.10.